The zero-order chi connectivity index (χ0) is 13.3. The van der Waals surface area contributed by atoms with Gasteiger partial charge in [0, 0.05) is 26.1 Å². The Morgan fingerprint density at radius 2 is 1.78 bits per heavy atom. The monoisotopic (exact) mass is 261 g/mol. The van der Waals surface area contributed by atoms with E-state index in [9.17, 15) is 13.2 Å². The Hall–Kier alpha value is -1.07. The Kier molecular flexibility index (Phi) is 6.75. The van der Waals surface area contributed by atoms with E-state index in [-0.39, 0.29) is 13.0 Å². The van der Waals surface area contributed by atoms with Crippen LogP contribution in [-0.4, -0.2) is 25.9 Å². The predicted molar refractivity (Wildman–Crippen MR) is 64.3 cm³/mol. The second-order valence-electron chi connectivity index (χ2n) is 3.99. The summed E-state index contributed by atoms with van der Waals surface area (Å²) in [5.74, 6) is 0. The van der Waals surface area contributed by atoms with E-state index in [2.05, 4.69) is 5.32 Å². The van der Waals surface area contributed by atoms with Crippen molar-refractivity contribution in [1.82, 2.24) is 5.32 Å². The number of alkyl halides is 3. The lowest BCUT2D eigenvalue weighted by Gasteiger charge is -2.07. The number of rotatable bonds is 8. The molecular weight excluding hydrogens is 243 g/mol. The molecule has 0 aliphatic heterocycles. The summed E-state index contributed by atoms with van der Waals surface area (Å²) in [5.41, 5.74) is 1.18. The number of halogens is 3. The van der Waals surface area contributed by atoms with E-state index < -0.39 is 12.6 Å². The fourth-order valence-corrected chi connectivity index (χ4v) is 1.45. The Balaban J connectivity index is 1.90. The Bertz CT molecular complexity index is 314. The number of hydrogen-bond donors (Lipinski definition) is 1. The zero-order valence-electron chi connectivity index (χ0n) is 10.2. The summed E-state index contributed by atoms with van der Waals surface area (Å²) >= 11 is 0. The maximum Gasteiger partial charge on any atom is 0.389 e. The molecule has 0 unspecified atom stereocenters. The maximum atomic E-state index is 11.8. The summed E-state index contributed by atoms with van der Waals surface area (Å²) in [4.78, 5) is 0. The first-order chi connectivity index (χ1) is 8.58. The molecule has 1 N–H and O–H groups in total. The van der Waals surface area contributed by atoms with Gasteiger partial charge in [-0.2, -0.15) is 13.2 Å². The summed E-state index contributed by atoms with van der Waals surface area (Å²) in [6.45, 7) is 1.98. The molecule has 1 aromatic carbocycles. The average Bonchev–Trinajstić information content (AvgIpc) is 2.32. The van der Waals surface area contributed by atoms with Crippen molar-refractivity contribution in [2.45, 2.75) is 25.6 Å². The largest absolute Gasteiger partial charge is 0.389 e. The lowest BCUT2D eigenvalue weighted by molar-refractivity contribution is -0.137. The van der Waals surface area contributed by atoms with Crippen LogP contribution in [0.5, 0.6) is 0 Å². The highest BCUT2D eigenvalue weighted by Gasteiger charge is 2.25. The molecule has 0 spiro atoms. The van der Waals surface area contributed by atoms with Gasteiger partial charge in [-0.25, -0.2) is 0 Å². The van der Waals surface area contributed by atoms with Crippen LogP contribution in [0.1, 0.15) is 18.4 Å². The minimum atomic E-state index is -4.07. The van der Waals surface area contributed by atoms with Gasteiger partial charge < -0.3 is 10.1 Å². The highest BCUT2D eigenvalue weighted by molar-refractivity contribution is 5.14. The van der Waals surface area contributed by atoms with E-state index in [1.165, 1.54) is 5.56 Å². The first-order valence-corrected chi connectivity index (χ1v) is 5.97. The van der Waals surface area contributed by atoms with E-state index in [1.54, 1.807) is 0 Å². The van der Waals surface area contributed by atoms with Crippen LogP contribution in [0.25, 0.3) is 0 Å². The van der Waals surface area contributed by atoms with Crippen LogP contribution in [0.4, 0.5) is 13.2 Å². The van der Waals surface area contributed by atoms with Gasteiger partial charge in [-0.05, 0) is 12.0 Å². The topological polar surface area (TPSA) is 21.3 Å². The molecule has 5 heteroatoms. The van der Waals surface area contributed by atoms with Crippen LogP contribution in [-0.2, 0) is 11.3 Å². The summed E-state index contributed by atoms with van der Waals surface area (Å²) in [6.07, 6.45) is -4.82. The third-order valence-electron chi connectivity index (χ3n) is 2.34. The Morgan fingerprint density at radius 3 is 2.44 bits per heavy atom. The van der Waals surface area contributed by atoms with Crippen LogP contribution in [0, 0.1) is 0 Å². The lowest BCUT2D eigenvalue weighted by Crippen LogP contribution is -2.19. The molecule has 1 aromatic rings. The highest BCUT2D eigenvalue weighted by atomic mass is 19.4. The molecule has 0 aromatic heterocycles. The second-order valence-corrected chi connectivity index (χ2v) is 3.99. The van der Waals surface area contributed by atoms with Crippen molar-refractivity contribution in [2.75, 3.05) is 19.8 Å². The van der Waals surface area contributed by atoms with Crippen molar-refractivity contribution in [3.05, 3.63) is 35.9 Å². The van der Waals surface area contributed by atoms with Gasteiger partial charge in [0.1, 0.15) is 0 Å². The zero-order valence-corrected chi connectivity index (χ0v) is 10.2. The summed E-state index contributed by atoms with van der Waals surface area (Å²) in [5, 5.41) is 3.16. The average molecular weight is 261 g/mol. The first-order valence-electron chi connectivity index (χ1n) is 5.97. The SMILES string of the molecule is FC(F)(F)CCCOCCNCc1ccccc1. The lowest BCUT2D eigenvalue weighted by atomic mass is 10.2. The molecule has 0 saturated carbocycles. The summed E-state index contributed by atoms with van der Waals surface area (Å²) in [6, 6.07) is 9.90. The molecule has 0 fully saturated rings. The standard InChI is InChI=1S/C13H18F3NO/c14-13(15,16)7-4-9-18-10-8-17-11-12-5-2-1-3-6-12/h1-3,5-6,17H,4,7-11H2. The van der Waals surface area contributed by atoms with E-state index in [0.29, 0.717) is 13.2 Å². The van der Waals surface area contributed by atoms with Crippen LogP contribution in [0.15, 0.2) is 30.3 Å². The molecule has 0 radical (unpaired) electrons. The predicted octanol–water partition coefficient (Wildman–Crippen LogP) is 3.14. The quantitative estimate of drug-likeness (QED) is 0.726. The van der Waals surface area contributed by atoms with Crippen LogP contribution in [0.3, 0.4) is 0 Å². The van der Waals surface area contributed by atoms with Gasteiger partial charge >= 0.3 is 6.18 Å². The molecule has 0 amide bonds. The van der Waals surface area contributed by atoms with E-state index in [0.717, 1.165) is 6.54 Å². The highest BCUT2D eigenvalue weighted by Crippen LogP contribution is 2.20. The maximum absolute atomic E-state index is 11.8. The van der Waals surface area contributed by atoms with Crippen molar-refractivity contribution in [3.63, 3.8) is 0 Å². The normalized spacial score (nSPS) is 11.7. The third kappa shape index (κ3) is 8.08. The first kappa shape index (κ1) is 15.0. The van der Waals surface area contributed by atoms with Crippen molar-refractivity contribution in [2.24, 2.45) is 0 Å². The fourth-order valence-electron chi connectivity index (χ4n) is 1.45. The number of benzene rings is 1. The summed E-state index contributed by atoms with van der Waals surface area (Å²) < 4.78 is 40.5. The molecule has 0 atom stereocenters. The van der Waals surface area contributed by atoms with Crippen molar-refractivity contribution >= 4 is 0 Å². The molecule has 0 aliphatic rings. The second kappa shape index (κ2) is 8.11. The van der Waals surface area contributed by atoms with E-state index in [1.807, 2.05) is 30.3 Å². The molecule has 0 bridgehead atoms. The van der Waals surface area contributed by atoms with Crippen molar-refractivity contribution in [3.8, 4) is 0 Å². The van der Waals surface area contributed by atoms with Crippen LogP contribution in [0.2, 0.25) is 0 Å². The van der Waals surface area contributed by atoms with E-state index >= 15 is 0 Å². The Labute approximate surface area is 105 Å². The van der Waals surface area contributed by atoms with E-state index in [4.69, 9.17) is 4.74 Å². The van der Waals surface area contributed by atoms with Crippen molar-refractivity contribution in [1.29, 1.82) is 0 Å². The molecule has 1 rings (SSSR count). The van der Waals surface area contributed by atoms with Crippen molar-refractivity contribution < 1.29 is 17.9 Å². The van der Waals surface area contributed by atoms with Gasteiger partial charge in [0.15, 0.2) is 0 Å². The minimum Gasteiger partial charge on any atom is -0.380 e. The number of ether oxygens (including phenoxy) is 1. The third-order valence-corrected chi connectivity index (χ3v) is 2.34. The number of nitrogens with one attached hydrogen (secondary N) is 1. The number of hydrogen-bond acceptors (Lipinski definition) is 2. The van der Waals surface area contributed by atoms with Gasteiger partial charge in [-0.15, -0.1) is 0 Å². The molecular formula is C13H18F3NO. The van der Waals surface area contributed by atoms with Crippen LogP contribution < -0.4 is 5.32 Å². The molecule has 102 valence electrons. The van der Waals surface area contributed by atoms with Gasteiger partial charge in [-0.3, -0.25) is 0 Å². The molecule has 0 aliphatic carbocycles. The minimum absolute atomic E-state index is 0.0299. The van der Waals surface area contributed by atoms with Crippen LogP contribution >= 0.6 is 0 Å². The van der Waals surface area contributed by atoms with Gasteiger partial charge in [-0.1, -0.05) is 30.3 Å². The van der Waals surface area contributed by atoms with Gasteiger partial charge in [0.2, 0.25) is 0 Å². The molecule has 18 heavy (non-hydrogen) atoms. The Morgan fingerprint density at radius 1 is 1.06 bits per heavy atom. The summed E-state index contributed by atoms with van der Waals surface area (Å²) in [7, 11) is 0. The molecule has 2 nitrogen and oxygen atoms in total. The van der Waals surface area contributed by atoms with Gasteiger partial charge in [0.05, 0.1) is 6.61 Å². The van der Waals surface area contributed by atoms with Gasteiger partial charge in [0.25, 0.3) is 0 Å². The molecule has 0 saturated heterocycles. The smallest absolute Gasteiger partial charge is 0.380 e. The fraction of sp³-hybridized carbons (Fsp3) is 0.538. The molecule has 0 heterocycles.